The highest BCUT2D eigenvalue weighted by Gasteiger charge is 2.77. The minimum absolute atomic E-state index is 0.0493. The number of halogens is 3. The Morgan fingerprint density at radius 1 is 0.907 bits per heavy atom. The average molecular weight is 588 g/mol. The predicted octanol–water partition coefficient (Wildman–Crippen LogP) is 1.72. The molecule has 17 heteroatoms. The van der Waals surface area contributed by atoms with E-state index in [0.717, 1.165) is 11.0 Å². The van der Waals surface area contributed by atoms with E-state index in [1.807, 2.05) is 0 Å². The first kappa shape index (κ1) is 31.9. The molecule has 0 spiro atoms. The Kier molecular flexibility index (Phi) is 7.42. The topological polar surface area (TPSA) is 66.6 Å². The molecule has 0 aromatic heterocycles. The summed E-state index contributed by atoms with van der Waals surface area (Å²) in [5.74, 6) is -2.38. The van der Waals surface area contributed by atoms with Crippen LogP contribution in [0.1, 0.15) is 20.7 Å². The van der Waals surface area contributed by atoms with Gasteiger partial charge in [0.25, 0.3) is 5.91 Å². The van der Waals surface area contributed by atoms with Gasteiger partial charge in [-0.1, -0.05) is 40.5 Å². The number of carbonyl (C=O) groups is 2. The van der Waals surface area contributed by atoms with Crippen LogP contribution in [0.15, 0.2) is 54.6 Å². The summed E-state index contributed by atoms with van der Waals surface area (Å²) in [6.45, 7) is 0. The van der Waals surface area contributed by atoms with Crippen molar-refractivity contribution in [3.63, 3.8) is 0 Å². The second-order valence-electron chi connectivity index (χ2n) is 11.0. The number of nitrogens with two attached hydrogens (primary N) is 1. The van der Waals surface area contributed by atoms with Gasteiger partial charge in [-0.25, -0.2) is 4.39 Å². The van der Waals surface area contributed by atoms with E-state index in [1.54, 1.807) is 6.07 Å². The third kappa shape index (κ3) is 4.31. The van der Waals surface area contributed by atoms with Crippen molar-refractivity contribution in [1.29, 1.82) is 0 Å². The number of piperidine rings is 1. The largest absolute Gasteiger partial charge is 0.394 e. The van der Waals surface area contributed by atoms with Crippen LogP contribution in [0, 0.1) is 5.82 Å². The molecule has 2 amide bonds. The van der Waals surface area contributed by atoms with Gasteiger partial charge in [0, 0.05) is 23.2 Å². The Bertz CT molecular complexity index is 1690. The van der Waals surface area contributed by atoms with Gasteiger partial charge in [0.1, 0.15) is 13.1 Å². The van der Waals surface area contributed by atoms with Gasteiger partial charge in [0.05, 0.1) is 84.7 Å². The number of primary amides is 1. The lowest BCUT2D eigenvalue weighted by Gasteiger charge is -2.71. The number of hydrogen-bond acceptors (Lipinski definition) is 3. The highest BCUT2D eigenvalue weighted by atomic mass is 35.5. The SMILES string of the molecule is [B]C1([B])N(c2cc(-c3cc(C(N)=O)ccc3Cl)ccc2N(C)C(=O)c2c(F)cccc2Cl)C2([B])[B]C2([B])C([B])([B])C1([B])[B]. The summed E-state index contributed by atoms with van der Waals surface area (Å²) in [7, 11) is 54.9. The maximum Gasteiger partial charge on any atom is 0.262 e. The zero-order valence-corrected chi connectivity index (χ0v) is 24.3. The minimum atomic E-state index is -2.33. The number of rotatable bonds is 5. The molecule has 5 nitrogen and oxygen atoms in total. The monoisotopic (exact) mass is 588 g/mol. The van der Waals surface area contributed by atoms with E-state index in [4.69, 9.17) is 91.7 Å². The quantitative estimate of drug-likeness (QED) is 0.463. The summed E-state index contributed by atoms with van der Waals surface area (Å²) in [4.78, 5) is 27.9. The Morgan fingerprint density at radius 2 is 1.56 bits per heavy atom. The summed E-state index contributed by atoms with van der Waals surface area (Å²) in [6, 6.07) is 12.8. The van der Waals surface area contributed by atoms with Gasteiger partial charge < -0.3 is 15.5 Å². The third-order valence-electron chi connectivity index (χ3n) is 8.42. The van der Waals surface area contributed by atoms with Crippen molar-refractivity contribution in [3.05, 3.63) is 81.6 Å². The first-order valence-electron chi connectivity index (χ1n) is 12.7. The van der Waals surface area contributed by atoms with Crippen molar-refractivity contribution in [1.82, 2.24) is 0 Å². The van der Waals surface area contributed by atoms with Crippen LogP contribution in [0.4, 0.5) is 15.8 Å². The summed E-state index contributed by atoms with van der Waals surface area (Å²) in [5.41, 5.74) is 6.18. The molecule has 2 unspecified atom stereocenters. The van der Waals surface area contributed by atoms with E-state index in [1.165, 1.54) is 61.7 Å². The molecule has 193 valence electrons. The summed E-state index contributed by atoms with van der Waals surface area (Å²) in [6.07, 6.45) is 0. The average Bonchev–Trinajstić information content (AvgIpc) is 3.50. The van der Waals surface area contributed by atoms with E-state index < -0.39 is 49.5 Å². The number of fused-ring (bicyclic) bond motifs is 1. The second kappa shape index (κ2) is 10.0. The Hall–Kier alpha value is -2.51. The van der Waals surface area contributed by atoms with Crippen LogP contribution in [0.25, 0.3) is 11.1 Å². The van der Waals surface area contributed by atoms with Crippen molar-refractivity contribution in [2.45, 2.75) is 26.3 Å². The Morgan fingerprint density at radius 3 is 2.16 bits per heavy atom. The molecule has 0 aliphatic carbocycles. The molecule has 2 fully saturated rings. The first-order valence-corrected chi connectivity index (χ1v) is 13.4. The number of carbonyl (C=O) groups excluding carboxylic acids is 2. The Balaban J connectivity index is 1.78. The first-order chi connectivity index (χ1) is 19.7. The molecule has 43 heavy (non-hydrogen) atoms. The summed E-state index contributed by atoms with van der Waals surface area (Å²) < 4.78 is 14.8. The van der Waals surface area contributed by atoms with Gasteiger partial charge in [-0.3, -0.25) is 9.59 Å². The standard InChI is InChI=1S/C26H14B9Cl2FN3O2/c1-40(21(43)19-15(37)3-2-4-16(19)38)17-8-6-11(13-9-12(20(39)42)5-7-14(13)36)10-18(17)41-25(32,33)23(29,30)22(27,28)24(31)26(41,34)35-24/h2-10H,1H3,(H2,39,42). The maximum absolute atomic E-state index is 14.8. The molecule has 2 aliphatic rings. The third-order valence-corrected chi connectivity index (χ3v) is 9.06. The molecule has 17 radical (unpaired) electrons. The molecule has 5 rings (SSSR count). The van der Waals surface area contributed by atoms with E-state index in [9.17, 15) is 14.0 Å². The molecule has 2 heterocycles. The number of anilines is 2. The van der Waals surface area contributed by atoms with Gasteiger partial charge in [0.15, 0.2) is 0 Å². The highest BCUT2D eigenvalue weighted by Crippen LogP contribution is 2.79. The van der Waals surface area contributed by atoms with Crippen LogP contribution in [0.5, 0.6) is 0 Å². The summed E-state index contributed by atoms with van der Waals surface area (Å²) in [5, 5.41) is -10.1. The van der Waals surface area contributed by atoms with E-state index in [0.29, 0.717) is 11.1 Å². The highest BCUT2D eigenvalue weighted by molar-refractivity contribution is 6.88. The van der Waals surface area contributed by atoms with Gasteiger partial charge in [0.2, 0.25) is 5.91 Å². The van der Waals surface area contributed by atoms with Crippen molar-refractivity contribution < 1.29 is 14.0 Å². The lowest BCUT2D eigenvalue weighted by molar-refractivity contribution is 0.0985. The fourth-order valence-corrected chi connectivity index (χ4v) is 6.08. The molecule has 3 aromatic carbocycles. The van der Waals surface area contributed by atoms with E-state index in [-0.39, 0.29) is 27.0 Å². The van der Waals surface area contributed by atoms with Gasteiger partial charge in [-0.2, -0.15) is 0 Å². The zero-order valence-electron chi connectivity index (χ0n) is 22.8. The fraction of sp³-hybridized carbons (Fsp3) is 0.231. The molecule has 2 atom stereocenters. The predicted molar refractivity (Wildman–Crippen MR) is 177 cm³/mol. The van der Waals surface area contributed by atoms with Crippen LogP contribution < -0.4 is 15.5 Å². The Labute approximate surface area is 271 Å². The summed E-state index contributed by atoms with van der Waals surface area (Å²) >= 11 is 12.7. The molecular weight excluding hydrogens is 574 g/mol. The minimum Gasteiger partial charge on any atom is -0.394 e. The van der Waals surface area contributed by atoms with Gasteiger partial charge in [-0.15, -0.1) is 10.4 Å². The van der Waals surface area contributed by atoms with Crippen molar-refractivity contribution in [3.8, 4) is 11.1 Å². The fourth-order valence-electron chi connectivity index (χ4n) is 5.61. The molecule has 2 aliphatic heterocycles. The molecule has 2 N–H and O–H groups in total. The van der Waals surface area contributed by atoms with Crippen LogP contribution in [0.3, 0.4) is 0 Å². The number of nitrogens with zero attached hydrogens (tertiary/aromatic N) is 2. The van der Waals surface area contributed by atoms with E-state index >= 15 is 0 Å². The van der Waals surface area contributed by atoms with Crippen LogP contribution in [-0.4, -0.2) is 99.6 Å². The smallest absolute Gasteiger partial charge is 0.262 e. The number of amides is 2. The lowest BCUT2D eigenvalue weighted by atomic mass is 9.13. The van der Waals surface area contributed by atoms with Crippen LogP contribution in [-0.2, 0) is 0 Å². The van der Waals surface area contributed by atoms with Crippen molar-refractivity contribution in [2.24, 2.45) is 5.73 Å². The molecule has 2 saturated heterocycles. The lowest BCUT2D eigenvalue weighted by Crippen LogP contribution is -2.72. The molecule has 0 bridgehead atoms. The van der Waals surface area contributed by atoms with Crippen LogP contribution in [0.2, 0.25) is 25.7 Å². The molecule has 0 saturated carbocycles. The van der Waals surface area contributed by atoms with E-state index in [2.05, 4.69) is 0 Å². The van der Waals surface area contributed by atoms with Crippen molar-refractivity contribution >= 4 is 116 Å². The maximum atomic E-state index is 14.8. The zero-order chi connectivity index (χ0) is 32.1. The van der Waals surface area contributed by atoms with Crippen molar-refractivity contribution in [2.75, 3.05) is 16.8 Å². The normalized spacial score (nSPS) is 24.3. The second-order valence-corrected chi connectivity index (χ2v) is 11.8. The molecular formula is C26H14B9Cl2FN3O2. The van der Waals surface area contributed by atoms with Crippen LogP contribution >= 0.6 is 23.2 Å². The molecule has 3 aromatic rings. The number of benzene rings is 3. The van der Waals surface area contributed by atoms with Gasteiger partial charge in [-0.05, 0) is 58.7 Å². The number of hydrogen-bond donors (Lipinski definition) is 1. The van der Waals surface area contributed by atoms with Gasteiger partial charge >= 0.3 is 0 Å².